The molecule has 0 fully saturated rings. The van der Waals surface area contributed by atoms with Gasteiger partial charge in [0.1, 0.15) is 6.10 Å². The minimum atomic E-state index is -1.01. The van der Waals surface area contributed by atoms with Gasteiger partial charge in [-0.25, -0.2) is 4.79 Å². The lowest BCUT2D eigenvalue weighted by molar-refractivity contribution is -0.131. The van der Waals surface area contributed by atoms with Gasteiger partial charge in [-0.1, -0.05) is 40.2 Å². The number of carboxylic acids is 1. The second-order valence-electron chi connectivity index (χ2n) is 3.83. The van der Waals surface area contributed by atoms with E-state index in [1.165, 1.54) is 6.08 Å². The van der Waals surface area contributed by atoms with E-state index in [1.807, 2.05) is 0 Å². The van der Waals surface area contributed by atoms with Crippen LogP contribution >= 0.6 is 15.9 Å². The van der Waals surface area contributed by atoms with Crippen LogP contribution in [0.25, 0.3) is 6.08 Å². The molecule has 0 saturated heterocycles. The van der Waals surface area contributed by atoms with Crippen LogP contribution in [0.15, 0.2) is 30.3 Å². The van der Waals surface area contributed by atoms with Gasteiger partial charge in [0, 0.05) is 11.4 Å². The maximum Gasteiger partial charge on any atom is 0.328 e. The molecule has 0 amide bonds. The number of aliphatic hydroxyl groups excluding tert-OH is 2. The molecule has 98 valence electrons. The zero-order chi connectivity index (χ0) is 13.5. The molecule has 0 aliphatic heterocycles. The van der Waals surface area contributed by atoms with Gasteiger partial charge in [0.2, 0.25) is 0 Å². The Labute approximate surface area is 114 Å². The summed E-state index contributed by atoms with van der Waals surface area (Å²) in [5.41, 5.74) is 1.33. The Morgan fingerprint density at radius 1 is 1.28 bits per heavy atom. The molecule has 2 unspecified atom stereocenters. The number of hydrogen-bond donors (Lipinski definition) is 3. The predicted octanol–water partition coefficient (Wildman–Crippen LogP) is 1.96. The largest absolute Gasteiger partial charge is 0.478 e. The minimum absolute atomic E-state index is 0.460. The highest BCUT2D eigenvalue weighted by Gasteiger charge is 2.17. The molecule has 4 nitrogen and oxygen atoms in total. The van der Waals surface area contributed by atoms with Crippen molar-refractivity contribution >= 4 is 28.0 Å². The Balaban J connectivity index is 2.73. The fourth-order valence-electron chi connectivity index (χ4n) is 1.46. The molecule has 5 heteroatoms. The maximum absolute atomic E-state index is 10.3. The minimum Gasteiger partial charge on any atom is -0.478 e. The molecule has 18 heavy (non-hydrogen) atoms. The van der Waals surface area contributed by atoms with E-state index in [9.17, 15) is 15.0 Å². The van der Waals surface area contributed by atoms with Gasteiger partial charge < -0.3 is 15.3 Å². The molecule has 2 atom stereocenters. The first-order chi connectivity index (χ1) is 8.54. The Bertz CT molecular complexity index is 414. The summed E-state index contributed by atoms with van der Waals surface area (Å²) < 4.78 is 0. The number of carbonyl (C=O) groups is 1. The van der Waals surface area contributed by atoms with Crippen molar-refractivity contribution in [2.75, 3.05) is 5.33 Å². The number of carboxylic acid groups (broad SMARTS) is 1. The molecule has 3 N–H and O–H groups in total. The highest BCUT2D eigenvalue weighted by atomic mass is 79.9. The molecule has 1 rings (SSSR count). The van der Waals surface area contributed by atoms with Crippen molar-refractivity contribution in [2.45, 2.75) is 18.6 Å². The maximum atomic E-state index is 10.3. The summed E-state index contributed by atoms with van der Waals surface area (Å²) in [6.07, 6.45) is 1.23. The number of alkyl halides is 1. The number of halogens is 1. The van der Waals surface area contributed by atoms with E-state index < -0.39 is 18.2 Å². The molecule has 0 heterocycles. The molecule has 0 saturated carbocycles. The molecule has 0 aromatic heterocycles. The van der Waals surface area contributed by atoms with Crippen molar-refractivity contribution < 1.29 is 20.1 Å². The van der Waals surface area contributed by atoms with Crippen molar-refractivity contribution in [3.05, 3.63) is 41.5 Å². The standard InChI is InChI=1S/C13H15BrO4/c14-8-7-11(15)13(18)10-4-1-9(2-5-10)3-6-12(16)17/h1-6,11,13,15,18H,7-8H2,(H,16,17)/b6-3+. The summed E-state index contributed by atoms with van der Waals surface area (Å²) in [6.45, 7) is 0. The van der Waals surface area contributed by atoms with E-state index in [-0.39, 0.29) is 0 Å². The van der Waals surface area contributed by atoms with E-state index in [4.69, 9.17) is 5.11 Å². The van der Waals surface area contributed by atoms with E-state index in [0.717, 1.165) is 11.6 Å². The van der Waals surface area contributed by atoms with E-state index in [0.29, 0.717) is 17.3 Å². The average molecular weight is 315 g/mol. The third-order valence-electron chi connectivity index (χ3n) is 2.47. The Kier molecular flexibility index (Phi) is 6.04. The number of aliphatic carboxylic acids is 1. The van der Waals surface area contributed by atoms with Crippen LogP contribution < -0.4 is 0 Å². The fourth-order valence-corrected chi connectivity index (χ4v) is 1.93. The Hall–Kier alpha value is -1.17. The van der Waals surface area contributed by atoms with Crippen molar-refractivity contribution in [3.63, 3.8) is 0 Å². The van der Waals surface area contributed by atoms with E-state index in [2.05, 4.69) is 15.9 Å². The highest BCUT2D eigenvalue weighted by molar-refractivity contribution is 9.09. The first-order valence-corrected chi connectivity index (χ1v) is 6.60. The zero-order valence-electron chi connectivity index (χ0n) is 9.66. The van der Waals surface area contributed by atoms with Gasteiger partial charge in [-0.05, 0) is 23.6 Å². The van der Waals surface area contributed by atoms with Gasteiger partial charge in [0.15, 0.2) is 0 Å². The monoisotopic (exact) mass is 314 g/mol. The van der Waals surface area contributed by atoms with Crippen LogP contribution in [-0.4, -0.2) is 32.7 Å². The Morgan fingerprint density at radius 3 is 2.39 bits per heavy atom. The second-order valence-corrected chi connectivity index (χ2v) is 4.62. The number of aliphatic hydroxyl groups is 2. The lowest BCUT2D eigenvalue weighted by Crippen LogP contribution is -2.18. The molecule has 0 spiro atoms. The quantitative estimate of drug-likeness (QED) is 0.554. The highest BCUT2D eigenvalue weighted by Crippen LogP contribution is 2.20. The third kappa shape index (κ3) is 4.60. The van der Waals surface area contributed by atoms with Crippen molar-refractivity contribution in [2.24, 2.45) is 0 Å². The van der Waals surface area contributed by atoms with Crippen LogP contribution in [0, 0.1) is 0 Å². The van der Waals surface area contributed by atoms with Crippen molar-refractivity contribution in [1.29, 1.82) is 0 Å². The SMILES string of the molecule is O=C(O)/C=C/c1ccc(C(O)C(O)CCBr)cc1. The number of hydrogen-bond acceptors (Lipinski definition) is 3. The van der Waals surface area contributed by atoms with E-state index >= 15 is 0 Å². The fraction of sp³-hybridized carbons (Fsp3) is 0.308. The molecule has 0 bridgehead atoms. The van der Waals surface area contributed by atoms with Gasteiger partial charge in [-0.2, -0.15) is 0 Å². The number of benzene rings is 1. The van der Waals surface area contributed by atoms with Gasteiger partial charge in [-0.3, -0.25) is 0 Å². The average Bonchev–Trinajstić information content (AvgIpc) is 2.36. The third-order valence-corrected chi connectivity index (χ3v) is 2.92. The molecule has 0 aliphatic rings. The lowest BCUT2D eigenvalue weighted by Gasteiger charge is -2.17. The normalized spacial score (nSPS) is 14.6. The summed E-state index contributed by atoms with van der Waals surface area (Å²) in [6, 6.07) is 6.73. The van der Waals surface area contributed by atoms with E-state index in [1.54, 1.807) is 24.3 Å². The summed E-state index contributed by atoms with van der Waals surface area (Å²) in [5.74, 6) is -1.01. The molecular formula is C13H15BrO4. The van der Waals surface area contributed by atoms with Crippen LogP contribution in [0.2, 0.25) is 0 Å². The molecule has 0 radical (unpaired) electrons. The first-order valence-electron chi connectivity index (χ1n) is 5.47. The molecule has 0 aliphatic carbocycles. The second kappa shape index (κ2) is 7.31. The predicted molar refractivity (Wildman–Crippen MR) is 72.5 cm³/mol. The summed E-state index contributed by atoms with van der Waals surface area (Å²) in [7, 11) is 0. The van der Waals surface area contributed by atoms with Gasteiger partial charge in [0.25, 0.3) is 0 Å². The molecular weight excluding hydrogens is 300 g/mol. The lowest BCUT2D eigenvalue weighted by atomic mass is 10.0. The summed E-state index contributed by atoms with van der Waals surface area (Å²) >= 11 is 3.20. The summed E-state index contributed by atoms with van der Waals surface area (Å²) in [4.78, 5) is 10.3. The topological polar surface area (TPSA) is 77.8 Å². The van der Waals surface area contributed by atoms with Crippen molar-refractivity contribution in [3.8, 4) is 0 Å². The smallest absolute Gasteiger partial charge is 0.328 e. The van der Waals surface area contributed by atoms with Crippen molar-refractivity contribution in [1.82, 2.24) is 0 Å². The van der Waals surface area contributed by atoms with Crippen LogP contribution in [-0.2, 0) is 4.79 Å². The number of rotatable bonds is 6. The van der Waals surface area contributed by atoms with Crippen LogP contribution in [0.4, 0.5) is 0 Å². The molecule has 1 aromatic rings. The van der Waals surface area contributed by atoms with Crippen LogP contribution in [0.1, 0.15) is 23.7 Å². The first kappa shape index (κ1) is 14.9. The molecule has 1 aromatic carbocycles. The zero-order valence-corrected chi connectivity index (χ0v) is 11.2. The Morgan fingerprint density at radius 2 is 1.89 bits per heavy atom. The van der Waals surface area contributed by atoms with Gasteiger partial charge in [-0.15, -0.1) is 0 Å². The van der Waals surface area contributed by atoms with Gasteiger partial charge >= 0.3 is 5.97 Å². The van der Waals surface area contributed by atoms with Crippen LogP contribution in [0.5, 0.6) is 0 Å². The van der Waals surface area contributed by atoms with Crippen LogP contribution in [0.3, 0.4) is 0 Å². The summed E-state index contributed by atoms with van der Waals surface area (Å²) in [5, 5.41) is 28.6. The van der Waals surface area contributed by atoms with Gasteiger partial charge in [0.05, 0.1) is 6.10 Å².